The molecule has 0 unspecified atom stereocenters. The van der Waals surface area contributed by atoms with Gasteiger partial charge in [0.15, 0.2) is 0 Å². The minimum atomic E-state index is 0.702. The van der Waals surface area contributed by atoms with Gasteiger partial charge in [-0.25, -0.2) is 0 Å². The molecule has 164 valence electrons. The highest BCUT2D eigenvalue weighted by Crippen LogP contribution is 2.38. The molecule has 1 saturated heterocycles. The fourth-order valence-electron chi connectivity index (χ4n) is 6.07. The lowest BCUT2D eigenvalue weighted by molar-refractivity contribution is 0.159. The minimum absolute atomic E-state index is 0.702. The number of hydrogen-bond acceptors (Lipinski definition) is 3. The van der Waals surface area contributed by atoms with Crippen LogP contribution in [0.5, 0.6) is 0 Å². The largest absolute Gasteiger partial charge is 0.368 e. The Balaban J connectivity index is 1.11. The van der Waals surface area contributed by atoms with Crippen molar-refractivity contribution in [1.29, 1.82) is 0 Å². The van der Waals surface area contributed by atoms with Gasteiger partial charge in [0.2, 0.25) is 0 Å². The molecule has 1 N–H and O–H groups in total. The summed E-state index contributed by atoms with van der Waals surface area (Å²) in [5.74, 6) is 0.702. The third kappa shape index (κ3) is 3.67. The molecule has 2 aliphatic rings. The second-order valence-corrected chi connectivity index (χ2v) is 9.52. The molecule has 32 heavy (non-hydrogen) atoms. The normalized spacial score (nSPS) is 22.9. The van der Waals surface area contributed by atoms with Crippen LogP contribution in [0.1, 0.15) is 43.6 Å². The van der Waals surface area contributed by atoms with E-state index in [0.717, 1.165) is 31.2 Å². The molecule has 0 amide bonds. The third-order valence-electron chi connectivity index (χ3n) is 7.76. The fourth-order valence-corrected chi connectivity index (χ4v) is 6.07. The summed E-state index contributed by atoms with van der Waals surface area (Å²) in [6.07, 6.45) is 10.7. The summed E-state index contributed by atoms with van der Waals surface area (Å²) >= 11 is 0. The minimum Gasteiger partial charge on any atom is -0.368 e. The van der Waals surface area contributed by atoms with Crippen molar-refractivity contribution in [3.05, 3.63) is 72.6 Å². The van der Waals surface area contributed by atoms with Gasteiger partial charge in [-0.1, -0.05) is 36.4 Å². The number of para-hydroxylation sites is 2. The van der Waals surface area contributed by atoms with Crippen LogP contribution in [-0.2, 0) is 0 Å². The molecule has 4 heteroatoms. The van der Waals surface area contributed by atoms with E-state index in [1.165, 1.54) is 66.2 Å². The van der Waals surface area contributed by atoms with Crippen LogP contribution >= 0.6 is 0 Å². The Morgan fingerprint density at radius 2 is 1.69 bits per heavy atom. The fraction of sp³-hybridized carbons (Fsp3) is 0.393. The first-order valence-corrected chi connectivity index (χ1v) is 12.3. The summed E-state index contributed by atoms with van der Waals surface area (Å²) in [4.78, 5) is 13.5. The summed E-state index contributed by atoms with van der Waals surface area (Å²) in [6.45, 7) is 4.59. The van der Waals surface area contributed by atoms with E-state index in [9.17, 15) is 0 Å². The molecule has 0 bridgehead atoms. The number of nitrogens with zero attached hydrogens (tertiary/aromatic N) is 3. The highest BCUT2D eigenvalue weighted by atomic mass is 15.2. The van der Waals surface area contributed by atoms with Gasteiger partial charge in [-0.2, -0.15) is 0 Å². The summed E-state index contributed by atoms with van der Waals surface area (Å²) < 4.78 is 0. The first-order chi connectivity index (χ1) is 15.9. The van der Waals surface area contributed by atoms with Crippen LogP contribution in [0.15, 0.2) is 67.0 Å². The molecule has 2 aromatic heterocycles. The maximum Gasteiger partial charge on any atom is 0.0935 e. The molecule has 2 fully saturated rings. The molecule has 6 rings (SSSR count). The number of hydrogen-bond donors (Lipinski definition) is 1. The van der Waals surface area contributed by atoms with Gasteiger partial charge in [-0.05, 0) is 61.8 Å². The van der Waals surface area contributed by atoms with Crippen LogP contribution in [0.25, 0.3) is 21.8 Å². The molecule has 1 saturated carbocycles. The second-order valence-electron chi connectivity index (χ2n) is 9.52. The lowest BCUT2D eigenvalue weighted by atomic mass is 9.81. The highest BCUT2D eigenvalue weighted by Gasteiger charge is 2.29. The maximum atomic E-state index is 4.69. The van der Waals surface area contributed by atoms with Crippen molar-refractivity contribution in [3.8, 4) is 0 Å². The molecule has 0 spiro atoms. The van der Waals surface area contributed by atoms with E-state index in [0.29, 0.717) is 5.92 Å². The number of aromatic amines is 1. The average molecular weight is 425 g/mol. The Kier molecular flexibility index (Phi) is 5.32. The lowest BCUT2D eigenvalue weighted by Gasteiger charge is -2.36. The van der Waals surface area contributed by atoms with Crippen LogP contribution in [0.2, 0.25) is 0 Å². The predicted molar refractivity (Wildman–Crippen MR) is 133 cm³/mol. The van der Waals surface area contributed by atoms with Crippen LogP contribution in [0, 0.1) is 0 Å². The molecule has 1 aliphatic carbocycles. The lowest BCUT2D eigenvalue weighted by Crippen LogP contribution is -2.40. The number of aromatic nitrogens is 2. The summed E-state index contributed by atoms with van der Waals surface area (Å²) in [7, 11) is 0. The van der Waals surface area contributed by atoms with Crippen molar-refractivity contribution in [2.45, 2.75) is 44.1 Å². The second kappa shape index (κ2) is 8.59. The van der Waals surface area contributed by atoms with Crippen molar-refractivity contribution in [1.82, 2.24) is 14.9 Å². The van der Waals surface area contributed by atoms with E-state index in [-0.39, 0.29) is 0 Å². The van der Waals surface area contributed by atoms with E-state index >= 15 is 0 Å². The quantitative estimate of drug-likeness (QED) is 0.441. The van der Waals surface area contributed by atoms with Gasteiger partial charge in [0, 0.05) is 60.9 Å². The van der Waals surface area contributed by atoms with Gasteiger partial charge in [0.05, 0.1) is 11.2 Å². The first-order valence-electron chi connectivity index (χ1n) is 12.3. The van der Waals surface area contributed by atoms with Crippen LogP contribution in [0.4, 0.5) is 5.69 Å². The predicted octanol–water partition coefficient (Wildman–Crippen LogP) is 5.95. The van der Waals surface area contributed by atoms with E-state index in [4.69, 9.17) is 4.98 Å². The number of rotatable bonds is 3. The zero-order chi connectivity index (χ0) is 21.3. The van der Waals surface area contributed by atoms with E-state index < -0.39 is 0 Å². The highest BCUT2D eigenvalue weighted by molar-refractivity contribution is 5.90. The van der Waals surface area contributed by atoms with E-state index in [2.05, 4.69) is 69.5 Å². The number of fused-ring (bicyclic) bond motifs is 2. The van der Waals surface area contributed by atoms with Gasteiger partial charge in [-0.15, -0.1) is 0 Å². The molecule has 3 heterocycles. The van der Waals surface area contributed by atoms with E-state index in [1.54, 1.807) is 0 Å². The molecule has 2 aromatic carbocycles. The number of anilines is 1. The Hall–Kier alpha value is -2.85. The number of nitrogens with one attached hydrogen (secondary N) is 1. The van der Waals surface area contributed by atoms with Crippen molar-refractivity contribution >= 4 is 27.5 Å². The van der Waals surface area contributed by atoms with Gasteiger partial charge >= 0.3 is 0 Å². The SMILES string of the molecule is c1cnc2c(N3CCCN(C4CCC(c5c[nH]c6ccccc56)CC4)CC3)cccc2c1. The Morgan fingerprint density at radius 3 is 2.62 bits per heavy atom. The molecule has 0 atom stereocenters. The van der Waals surface area contributed by atoms with Crippen molar-refractivity contribution < 1.29 is 0 Å². The molecular weight excluding hydrogens is 392 g/mol. The number of benzene rings is 2. The molecule has 0 radical (unpaired) electrons. The number of H-pyrrole nitrogens is 1. The molecule has 4 nitrogen and oxygen atoms in total. The van der Waals surface area contributed by atoms with Crippen LogP contribution in [-0.4, -0.2) is 47.1 Å². The standard InChI is InChI=1S/C28H32N4/c1-2-9-26-24(8-1)25(20-30-26)21-11-13-23(14-12-21)31-16-5-17-32(19-18-31)27-10-3-6-22-7-4-15-29-28(22)27/h1-4,6-10,15,20-21,23,30H,5,11-14,16-19H2. The summed E-state index contributed by atoms with van der Waals surface area (Å²) in [5, 5.41) is 2.66. The van der Waals surface area contributed by atoms with Crippen LogP contribution < -0.4 is 4.90 Å². The zero-order valence-electron chi connectivity index (χ0n) is 18.7. The maximum absolute atomic E-state index is 4.69. The topological polar surface area (TPSA) is 35.2 Å². The molecule has 1 aliphatic heterocycles. The molecule has 4 aromatic rings. The third-order valence-corrected chi connectivity index (χ3v) is 7.76. The van der Waals surface area contributed by atoms with Gasteiger partial charge in [0.1, 0.15) is 0 Å². The Bertz CT molecular complexity index is 1200. The summed E-state index contributed by atoms with van der Waals surface area (Å²) in [6, 6.07) is 20.3. The first kappa shape index (κ1) is 19.8. The Morgan fingerprint density at radius 1 is 0.812 bits per heavy atom. The molecular formula is C28H32N4. The smallest absolute Gasteiger partial charge is 0.0935 e. The Labute approximate surface area is 190 Å². The van der Waals surface area contributed by atoms with Gasteiger partial charge in [-0.3, -0.25) is 9.88 Å². The van der Waals surface area contributed by atoms with Crippen molar-refractivity contribution in [3.63, 3.8) is 0 Å². The summed E-state index contributed by atoms with van der Waals surface area (Å²) in [5.41, 5.74) is 5.25. The van der Waals surface area contributed by atoms with Gasteiger partial charge < -0.3 is 9.88 Å². The van der Waals surface area contributed by atoms with Crippen LogP contribution in [0.3, 0.4) is 0 Å². The monoisotopic (exact) mass is 424 g/mol. The van der Waals surface area contributed by atoms with E-state index in [1.807, 2.05) is 12.3 Å². The van der Waals surface area contributed by atoms with Crippen molar-refractivity contribution in [2.24, 2.45) is 0 Å². The van der Waals surface area contributed by atoms with Crippen molar-refractivity contribution in [2.75, 3.05) is 31.1 Å². The zero-order valence-corrected chi connectivity index (χ0v) is 18.7. The number of pyridine rings is 1. The average Bonchev–Trinajstić information content (AvgIpc) is 3.13. The van der Waals surface area contributed by atoms with Gasteiger partial charge in [0.25, 0.3) is 0 Å².